The molecule has 0 saturated carbocycles. The Morgan fingerprint density at radius 1 is 1.08 bits per heavy atom. The molecule has 0 saturated heterocycles. The number of esters is 1. The average Bonchev–Trinajstić information content (AvgIpc) is 3.24. The van der Waals surface area contributed by atoms with E-state index in [4.69, 9.17) is 30.2 Å². The van der Waals surface area contributed by atoms with Gasteiger partial charge >= 0.3 is 5.97 Å². The van der Waals surface area contributed by atoms with Gasteiger partial charge in [-0.3, -0.25) is 14.5 Å². The topological polar surface area (TPSA) is 95.3 Å². The van der Waals surface area contributed by atoms with E-state index in [0.29, 0.717) is 33.3 Å². The normalized spacial score (nSPS) is 14.3. The van der Waals surface area contributed by atoms with E-state index in [0.717, 1.165) is 0 Å². The molecule has 0 N–H and O–H groups in total. The molecule has 0 spiro atoms. The smallest absolute Gasteiger partial charge is 0.338 e. The summed E-state index contributed by atoms with van der Waals surface area (Å²) < 4.78 is 22.3. The second-order valence-corrected chi connectivity index (χ2v) is 9.11. The molecule has 0 aliphatic carbocycles. The quantitative estimate of drug-likeness (QED) is 0.199. The number of carbonyl (C=O) groups is 2. The van der Waals surface area contributed by atoms with E-state index in [1.54, 1.807) is 67.6 Å². The van der Waals surface area contributed by atoms with Crippen molar-refractivity contribution in [2.75, 3.05) is 25.2 Å². The molecule has 0 bridgehead atoms. The Labute approximate surface area is 229 Å². The number of halogens is 1. The zero-order chi connectivity index (χ0) is 27.7. The average molecular weight is 546 g/mol. The Bertz CT molecular complexity index is 1660. The Morgan fingerprint density at radius 2 is 1.85 bits per heavy atom. The number of ether oxygens (including phenoxy) is 3. The van der Waals surface area contributed by atoms with Crippen LogP contribution < -0.4 is 19.8 Å². The Kier molecular flexibility index (Phi) is 7.13. The van der Waals surface area contributed by atoms with Gasteiger partial charge in [0.05, 0.1) is 36.3 Å². The van der Waals surface area contributed by atoms with Gasteiger partial charge in [0.1, 0.15) is 12.2 Å². The van der Waals surface area contributed by atoms with Crippen LogP contribution in [-0.2, 0) is 4.74 Å². The molecule has 9 heteroatoms. The number of nitrogens with zero attached hydrogens (tertiary/aromatic N) is 1. The predicted molar refractivity (Wildman–Crippen MR) is 147 cm³/mol. The third-order valence-corrected chi connectivity index (χ3v) is 6.58. The summed E-state index contributed by atoms with van der Waals surface area (Å²) in [5.41, 5.74) is 1.43. The van der Waals surface area contributed by atoms with Crippen molar-refractivity contribution >= 4 is 40.1 Å². The van der Waals surface area contributed by atoms with Crippen LogP contribution in [0.4, 0.5) is 5.69 Å². The van der Waals surface area contributed by atoms with Crippen molar-refractivity contribution in [3.05, 3.63) is 111 Å². The molecule has 0 radical (unpaired) electrons. The van der Waals surface area contributed by atoms with Gasteiger partial charge in [0.25, 0.3) is 5.91 Å². The SMILES string of the molecule is C=CCOc1ccc(C2c3c(oc4ccc(Cl)cc4c3=O)C(=O)N2c2ccc(C(=O)OCC)cc2)cc1OC. The van der Waals surface area contributed by atoms with E-state index in [9.17, 15) is 14.4 Å². The largest absolute Gasteiger partial charge is 0.493 e. The molecule has 8 nitrogen and oxygen atoms in total. The second kappa shape index (κ2) is 10.7. The van der Waals surface area contributed by atoms with E-state index in [-0.39, 0.29) is 40.9 Å². The van der Waals surface area contributed by atoms with Crippen LogP contribution in [0.2, 0.25) is 5.02 Å². The number of anilines is 1. The van der Waals surface area contributed by atoms with Gasteiger partial charge in [-0.1, -0.05) is 30.3 Å². The van der Waals surface area contributed by atoms with Crippen molar-refractivity contribution in [1.82, 2.24) is 0 Å². The lowest BCUT2D eigenvalue weighted by Gasteiger charge is -2.26. The zero-order valence-corrected chi connectivity index (χ0v) is 22.0. The first kappa shape index (κ1) is 26.1. The van der Waals surface area contributed by atoms with Crippen molar-refractivity contribution in [3.63, 3.8) is 0 Å². The van der Waals surface area contributed by atoms with E-state index in [1.807, 2.05) is 0 Å². The fourth-order valence-electron chi connectivity index (χ4n) is 4.62. The molecule has 2 heterocycles. The minimum absolute atomic E-state index is 0.0692. The highest BCUT2D eigenvalue weighted by Gasteiger charge is 2.44. The fourth-order valence-corrected chi connectivity index (χ4v) is 4.79. The number of methoxy groups -OCH3 is 1. The van der Waals surface area contributed by atoms with Gasteiger partial charge in [0.15, 0.2) is 16.9 Å². The second-order valence-electron chi connectivity index (χ2n) is 8.67. The Hall–Kier alpha value is -4.56. The maximum Gasteiger partial charge on any atom is 0.338 e. The molecule has 1 aromatic heterocycles. The first-order valence-corrected chi connectivity index (χ1v) is 12.5. The van der Waals surface area contributed by atoms with E-state index >= 15 is 0 Å². The maximum absolute atomic E-state index is 13.8. The molecule has 1 unspecified atom stereocenters. The minimum Gasteiger partial charge on any atom is -0.493 e. The maximum atomic E-state index is 13.8. The lowest BCUT2D eigenvalue weighted by atomic mass is 9.97. The van der Waals surface area contributed by atoms with Crippen LogP contribution in [0.1, 0.15) is 45.0 Å². The number of hydrogen-bond acceptors (Lipinski definition) is 7. The third kappa shape index (κ3) is 4.64. The number of carbonyl (C=O) groups excluding carboxylic acids is 2. The first-order chi connectivity index (χ1) is 18.9. The Morgan fingerprint density at radius 3 is 2.54 bits per heavy atom. The van der Waals surface area contributed by atoms with Gasteiger partial charge < -0.3 is 18.6 Å². The Balaban J connectivity index is 1.70. The van der Waals surface area contributed by atoms with Crippen molar-refractivity contribution in [2.24, 2.45) is 0 Å². The van der Waals surface area contributed by atoms with Crippen molar-refractivity contribution in [1.29, 1.82) is 0 Å². The number of fused-ring (bicyclic) bond motifs is 2. The van der Waals surface area contributed by atoms with Crippen LogP contribution in [-0.4, -0.2) is 32.2 Å². The van der Waals surface area contributed by atoms with Crippen LogP contribution >= 0.6 is 11.6 Å². The van der Waals surface area contributed by atoms with Crippen LogP contribution in [0.15, 0.2) is 82.5 Å². The van der Waals surface area contributed by atoms with Crippen LogP contribution in [0.25, 0.3) is 11.0 Å². The molecule has 3 aromatic carbocycles. The molecular formula is C30H24ClNO7. The van der Waals surface area contributed by atoms with Crippen molar-refractivity contribution in [3.8, 4) is 11.5 Å². The van der Waals surface area contributed by atoms with Gasteiger partial charge in [0, 0.05) is 10.7 Å². The molecule has 1 amide bonds. The molecule has 5 rings (SSSR count). The molecule has 1 aliphatic rings. The van der Waals surface area contributed by atoms with Gasteiger partial charge in [-0.2, -0.15) is 0 Å². The minimum atomic E-state index is -0.858. The summed E-state index contributed by atoms with van der Waals surface area (Å²) in [6.07, 6.45) is 1.61. The van der Waals surface area contributed by atoms with E-state index in [2.05, 4.69) is 6.58 Å². The summed E-state index contributed by atoms with van der Waals surface area (Å²) in [5, 5.41) is 0.629. The van der Waals surface area contributed by atoms with Crippen molar-refractivity contribution in [2.45, 2.75) is 13.0 Å². The molecule has 1 atom stereocenters. The summed E-state index contributed by atoms with van der Waals surface area (Å²) in [5.74, 6) is -0.148. The summed E-state index contributed by atoms with van der Waals surface area (Å²) in [6, 6.07) is 15.4. The predicted octanol–water partition coefficient (Wildman–Crippen LogP) is 5.95. The molecule has 198 valence electrons. The standard InChI is InChI=1S/C30H24ClNO7/c1-4-14-38-23-12-8-18(15-24(23)36-3)26-25-27(33)21-16-19(31)9-13-22(21)39-28(25)29(34)32(26)20-10-6-17(7-11-20)30(35)37-5-2/h4,6-13,15-16,26H,1,5,14H2,2-3H3. The lowest BCUT2D eigenvalue weighted by molar-refractivity contribution is 0.0526. The van der Waals surface area contributed by atoms with Crippen LogP contribution in [0.5, 0.6) is 11.5 Å². The highest BCUT2D eigenvalue weighted by Crippen LogP contribution is 2.43. The highest BCUT2D eigenvalue weighted by atomic mass is 35.5. The molecule has 1 aliphatic heterocycles. The number of amides is 1. The summed E-state index contributed by atoms with van der Waals surface area (Å²) >= 11 is 6.18. The van der Waals surface area contributed by atoms with Crippen LogP contribution in [0.3, 0.4) is 0 Å². The highest BCUT2D eigenvalue weighted by molar-refractivity contribution is 6.31. The number of rotatable bonds is 8. The van der Waals surface area contributed by atoms with Crippen molar-refractivity contribution < 1.29 is 28.2 Å². The molecular weight excluding hydrogens is 522 g/mol. The van der Waals surface area contributed by atoms with Gasteiger partial charge in [-0.25, -0.2) is 4.79 Å². The summed E-state index contributed by atoms with van der Waals surface area (Å²) in [6.45, 7) is 5.90. The first-order valence-electron chi connectivity index (χ1n) is 12.2. The summed E-state index contributed by atoms with van der Waals surface area (Å²) in [4.78, 5) is 41.3. The summed E-state index contributed by atoms with van der Waals surface area (Å²) in [7, 11) is 1.50. The molecule has 4 aromatic rings. The molecule has 0 fully saturated rings. The van der Waals surface area contributed by atoms with Gasteiger partial charge in [-0.15, -0.1) is 0 Å². The number of benzene rings is 3. The third-order valence-electron chi connectivity index (χ3n) is 6.35. The van der Waals surface area contributed by atoms with E-state index in [1.165, 1.54) is 18.1 Å². The number of hydrogen-bond donors (Lipinski definition) is 0. The van der Waals surface area contributed by atoms with Gasteiger partial charge in [0.2, 0.25) is 5.76 Å². The monoisotopic (exact) mass is 545 g/mol. The zero-order valence-electron chi connectivity index (χ0n) is 21.2. The van der Waals surface area contributed by atoms with E-state index < -0.39 is 17.9 Å². The lowest BCUT2D eigenvalue weighted by Crippen LogP contribution is -2.29. The van der Waals surface area contributed by atoms with Gasteiger partial charge in [-0.05, 0) is 67.1 Å². The fraction of sp³-hybridized carbons (Fsp3) is 0.167. The van der Waals surface area contributed by atoms with Crippen LogP contribution in [0, 0.1) is 0 Å². The molecule has 39 heavy (non-hydrogen) atoms.